The highest BCUT2D eigenvalue weighted by Gasteiger charge is 2.28. The number of halogens is 2. The van der Waals surface area contributed by atoms with Crippen molar-refractivity contribution in [3.8, 4) is 5.82 Å². The monoisotopic (exact) mass is 555 g/mol. The number of benzene rings is 1. The lowest BCUT2D eigenvalue weighted by molar-refractivity contribution is 0.122. The minimum atomic E-state index is -2.75. The van der Waals surface area contributed by atoms with Crippen LogP contribution in [0.1, 0.15) is 51.8 Å². The first kappa shape index (κ1) is 28.2. The zero-order valence-corrected chi connectivity index (χ0v) is 23.4. The molecule has 1 unspecified atom stereocenters. The number of rotatable bonds is 9. The van der Waals surface area contributed by atoms with E-state index in [1.54, 1.807) is 24.3 Å². The first-order valence-corrected chi connectivity index (χ1v) is 14.1. The minimum absolute atomic E-state index is 0.191. The van der Waals surface area contributed by atoms with Crippen molar-refractivity contribution in [3.63, 3.8) is 0 Å². The second-order valence-electron chi connectivity index (χ2n) is 10.9. The SMILES string of the molecule is C/C(=C\O)C(C)N(C)C1CCC(CNc2nc(N3CCOCC3)cc(-n3c(C(F)F)nc4ccccc43)n2)CC1. The molecule has 2 fully saturated rings. The third kappa shape index (κ3) is 6.05. The molecule has 1 atom stereocenters. The lowest BCUT2D eigenvalue weighted by Crippen LogP contribution is -2.42. The van der Waals surface area contributed by atoms with Crippen LogP contribution in [0.15, 0.2) is 42.2 Å². The molecule has 11 heteroatoms. The zero-order valence-electron chi connectivity index (χ0n) is 23.4. The van der Waals surface area contributed by atoms with E-state index in [-0.39, 0.29) is 11.9 Å². The van der Waals surface area contributed by atoms with E-state index in [0.29, 0.717) is 73.4 Å². The highest BCUT2D eigenvalue weighted by molar-refractivity contribution is 5.78. The first-order chi connectivity index (χ1) is 19.4. The molecular weight excluding hydrogens is 516 g/mol. The Morgan fingerprint density at radius 3 is 2.52 bits per heavy atom. The molecule has 2 aliphatic rings. The number of hydrogen-bond donors (Lipinski definition) is 2. The molecule has 0 bridgehead atoms. The summed E-state index contributed by atoms with van der Waals surface area (Å²) in [7, 11) is 2.13. The summed E-state index contributed by atoms with van der Waals surface area (Å²) in [5.74, 6) is 1.60. The van der Waals surface area contributed by atoms with E-state index in [0.717, 1.165) is 31.3 Å². The van der Waals surface area contributed by atoms with Crippen LogP contribution in [0, 0.1) is 5.92 Å². The average molecular weight is 556 g/mol. The van der Waals surface area contributed by atoms with E-state index in [1.165, 1.54) is 10.8 Å². The summed E-state index contributed by atoms with van der Waals surface area (Å²) >= 11 is 0. The van der Waals surface area contributed by atoms with Gasteiger partial charge in [-0.3, -0.25) is 9.47 Å². The number of imidazole rings is 1. The molecule has 0 amide bonds. The summed E-state index contributed by atoms with van der Waals surface area (Å²) in [5, 5.41) is 12.8. The summed E-state index contributed by atoms with van der Waals surface area (Å²) in [6, 6.07) is 9.55. The van der Waals surface area contributed by atoms with Crippen molar-refractivity contribution in [2.24, 2.45) is 5.92 Å². The molecule has 0 spiro atoms. The van der Waals surface area contributed by atoms with Gasteiger partial charge in [-0.25, -0.2) is 13.8 Å². The number of likely N-dealkylation sites (N-methyl/N-ethyl adjacent to an activating group) is 1. The van der Waals surface area contributed by atoms with Crippen LogP contribution >= 0.6 is 0 Å². The highest BCUT2D eigenvalue weighted by Crippen LogP contribution is 2.31. The lowest BCUT2D eigenvalue weighted by atomic mass is 9.84. The quantitative estimate of drug-likeness (QED) is 0.342. The Kier molecular flexibility index (Phi) is 8.80. The first-order valence-electron chi connectivity index (χ1n) is 14.1. The van der Waals surface area contributed by atoms with Gasteiger partial charge in [-0.05, 0) is 70.2 Å². The van der Waals surface area contributed by atoms with Crippen molar-refractivity contribution >= 4 is 22.8 Å². The summed E-state index contributed by atoms with van der Waals surface area (Å²) in [4.78, 5) is 18.2. The van der Waals surface area contributed by atoms with Crippen molar-refractivity contribution in [2.45, 2.75) is 58.0 Å². The maximum absolute atomic E-state index is 14.1. The van der Waals surface area contributed by atoms with Crippen LogP contribution in [0.4, 0.5) is 20.5 Å². The van der Waals surface area contributed by atoms with E-state index >= 15 is 0 Å². The van der Waals surface area contributed by atoms with E-state index in [2.05, 4.69) is 34.1 Å². The van der Waals surface area contributed by atoms with Crippen LogP contribution in [0.2, 0.25) is 0 Å². The van der Waals surface area contributed by atoms with Gasteiger partial charge in [0.25, 0.3) is 6.43 Å². The predicted molar refractivity (Wildman–Crippen MR) is 152 cm³/mol. The van der Waals surface area contributed by atoms with E-state index in [9.17, 15) is 13.9 Å². The Labute approximate surface area is 233 Å². The van der Waals surface area contributed by atoms with Gasteiger partial charge in [0.15, 0.2) is 5.82 Å². The van der Waals surface area contributed by atoms with Gasteiger partial charge in [0, 0.05) is 37.8 Å². The van der Waals surface area contributed by atoms with Crippen LogP contribution < -0.4 is 10.2 Å². The van der Waals surface area contributed by atoms with Gasteiger partial charge in [-0.15, -0.1) is 0 Å². The van der Waals surface area contributed by atoms with Crippen LogP contribution in [-0.2, 0) is 4.74 Å². The van der Waals surface area contributed by atoms with Crippen LogP contribution in [0.3, 0.4) is 0 Å². The predicted octanol–water partition coefficient (Wildman–Crippen LogP) is 5.34. The fourth-order valence-corrected chi connectivity index (χ4v) is 5.74. The fraction of sp³-hybridized carbons (Fsp3) is 0.552. The minimum Gasteiger partial charge on any atom is -0.516 e. The maximum atomic E-state index is 14.1. The molecule has 2 N–H and O–H groups in total. The van der Waals surface area contributed by atoms with Crippen molar-refractivity contribution in [3.05, 3.63) is 48.0 Å². The molecule has 1 aliphatic carbocycles. The number of nitrogens with zero attached hydrogens (tertiary/aromatic N) is 6. The molecule has 1 aromatic carbocycles. The summed E-state index contributed by atoms with van der Waals surface area (Å²) in [6.45, 7) is 7.29. The van der Waals surface area contributed by atoms with E-state index < -0.39 is 6.43 Å². The number of fused-ring (bicyclic) bond motifs is 1. The third-order valence-electron chi connectivity index (χ3n) is 8.46. The van der Waals surface area contributed by atoms with Gasteiger partial charge in [0.05, 0.1) is 30.5 Å². The van der Waals surface area contributed by atoms with Crippen LogP contribution in [0.5, 0.6) is 0 Å². The molecule has 1 saturated carbocycles. The Morgan fingerprint density at radius 2 is 1.82 bits per heavy atom. The van der Waals surface area contributed by atoms with Crippen molar-refractivity contribution < 1.29 is 18.6 Å². The number of alkyl halides is 2. The molecule has 1 saturated heterocycles. The Morgan fingerprint density at radius 1 is 1.12 bits per heavy atom. The summed E-state index contributed by atoms with van der Waals surface area (Å²) in [6.07, 6.45) is 2.73. The van der Waals surface area contributed by atoms with Gasteiger partial charge in [0.2, 0.25) is 5.95 Å². The number of para-hydroxylation sites is 2. The molecular formula is C29H39F2N7O2. The summed E-state index contributed by atoms with van der Waals surface area (Å²) in [5.41, 5.74) is 2.04. The van der Waals surface area contributed by atoms with E-state index in [4.69, 9.17) is 14.7 Å². The number of morpholine rings is 1. The Hall–Kier alpha value is -3.31. The number of aliphatic hydroxyl groups excluding tert-OH is 1. The maximum Gasteiger partial charge on any atom is 0.296 e. The number of ether oxygens (including phenoxy) is 1. The number of nitrogens with one attached hydrogen (secondary N) is 1. The molecule has 3 aromatic rings. The number of hydrogen-bond acceptors (Lipinski definition) is 8. The molecule has 1 aliphatic heterocycles. The number of anilines is 2. The standard InChI is InChI=1S/C29H39F2N7O2/c1-19(18-39)20(2)36(3)22-10-8-21(9-11-22)17-32-29-34-25(37-12-14-40-15-13-37)16-26(35-29)38-24-7-5-4-6-23(24)33-28(38)27(30)31/h4-7,16,18,20-22,27,39H,8-15,17H2,1-3H3,(H,32,34,35)/b19-18+. The van der Waals surface area contributed by atoms with Gasteiger partial charge < -0.3 is 20.1 Å². The third-order valence-corrected chi connectivity index (χ3v) is 8.46. The van der Waals surface area contributed by atoms with E-state index in [1.807, 2.05) is 13.0 Å². The normalized spacial score (nSPS) is 21.4. The topological polar surface area (TPSA) is 91.6 Å². The lowest BCUT2D eigenvalue weighted by Gasteiger charge is -2.38. The molecule has 216 valence electrons. The van der Waals surface area contributed by atoms with Crippen molar-refractivity contribution in [1.29, 1.82) is 0 Å². The van der Waals surface area contributed by atoms with Gasteiger partial charge in [-0.2, -0.15) is 9.97 Å². The van der Waals surface area contributed by atoms with Gasteiger partial charge in [0.1, 0.15) is 11.6 Å². The average Bonchev–Trinajstić information content (AvgIpc) is 3.40. The molecule has 5 rings (SSSR count). The number of aromatic nitrogens is 4. The Balaban J connectivity index is 1.36. The van der Waals surface area contributed by atoms with Crippen LogP contribution in [-0.4, -0.2) is 81.5 Å². The molecule has 3 heterocycles. The molecule has 40 heavy (non-hydrogen) atoms. The number of aliphatic hydroxyl groups is 1. The largest absolute Gasteiger partial charge is 0.516 e. The fourth-order valence-electron chi connectivity index (χ4n) is 5.74. The Bertz CT molecular complexity index is 1320. The smallest absolute Gasteiger partial charge is 0.296 e. The molecule has 9 nitrogen and oxygen atoms in total. The highest BCUT2D eigenvalue weighted by atomic mass is 19.3. The van der Waals surface area contributed by atoms with Crippen molar-refractivity contribution in [2.75, 3.05) is 50.1 Å². The zero-order chi connectivity index (χ0) is 28.2. The van der Waals surface area contributed by atoms with Gasteiger partial charge >= 0.3 is 0 Å². The molecule has 2 aromatic heterocycles. The second kappa shape index (κ2) is 12.5. The summed E-state index contributed by atoms with van der Waals surface area (Å²) < 4.78 is 35.2. The van der Waals surface area contributed by atoms with Gasteiger partial charge in [-0.1, -0.05) is 12.1 Å². The van der Waals surface area contributed by atoms with Crippen molar-refractivity contribution in [1.82, 2.24) is 24.4 Å². The van der Waals surface area contributed by atoms with Crippen LogP contribution in [0.25, 0.3) is 16.9 Å². The molecule has 0 radical (unpaired) electrons. The second-order valence-corrected chi connectivity index (χ2v) is 10.9.